The van der Waals surface area contributed by atoms with E-state index in [2.05, 4.69) is 16.3 Å². The highest BCUT2D eigenvalue weighted by atomic mass is 32.5. The van der Waals surface area contributed by atoms with Crippen molar-refractivity contribution in [2.75, 3.05) is 6.61 Å². The smallest absolute Gasteiger partial charge is 0.322 e. The second kappa shape index (κ2) is 3.97. The molecule has 0 heterocycles. The monoisotopic (exact) mass is 187 g/mol. The molecule has 10 heavy (non-hydrogen) atoms. The Balaban J connectivity index is 3.56. The summed E-state index contributed by atoms with van der Waals surface area (Å²) in [7, 11) is 0. The van der Waals surface area contributed by atoms with E-state index < -0.39 is 19.2 Å². The van der Waals surface area contributed by atoms with E-state index in [1.165, 1.54) is 5.48 Å². The van der Waals surface area contributed by atoms with Gasteiger partial charge in [0.15, 0.2) is 0 Å². The summed E-state index contributed by atoms with van der Waals surface area (Å²) in [6.07, 6.45) is 0. The molecule has 0 aromatic carbocycles. The molecule has 0 rings (SSSR count). The predicted molar refractivity (Wildman–Crippen MR) is 34.6 cm³/mol. The van der Waals surface area contributed by atoms with Crippen LogP contribution in [0.2, 0.25) is 0 Å². The molecule has 1 amide bonds. The average Bonchev–Trinajstić information content (AvgIpc) is 1.81. The van der Waals surface area contributed by atoms with Crippen molar-refractivity contribution < 1.29 is 24.3 Å². The van der Waals surface area contributed by atoms with Crippen LogP contribution in [0.5, 0.6) is 0 Å². The van der Waals surface area contributed by atoms with Crippen molar-refractivity contribution in [1.82, 2.24) is 5.48 Å². The van der Waals surface area contributed by atoms with Crippen molar-refractivity contribution in [3.05, 3.63) is 0 Å². The van der Waals surface area contributed by atoms with Crippen LogP contribution in [0.4, 0.5) is 0 Å². The maximum atomic E-state index is 10.1. The van der Waals surface area contributed by atoms with Crippen molar-refractivity contribution in [3.63, 3.8) is 0 Å². The molecule has 60 valence electrons. The van der Waals surface area contributed by atoms with Gasteiger partial charge in [-0.3, -0.25) is 14.5 Å². The fourth-order valence-electron chi connectivity index (χ4n) is 0.175. The minimum Gasteiger partial charge on any atom is -0.325 e. The molecule has 0 saturated carbocycles. The zero-order valence-electron chi connectivity index (χ0n) is 4.72. The highest BCUT2D eigenvalue weighted by molar-refractivity contribution is 8.06. The van der Waals surface area contributed by atoms with Crippen molar-refractivity contribution in [1.29, 1.82) is 0 Å². The van der Waals surface area contributed by atoms with Gasteiger partial charge >= 0.3 is 6.72 Å². The van der Waals surface area contributed by atoms with Gasteiger partial charge in [-0.25, -0.2) is 5.48 Å². The van der Waals surface area contributed by atoms with Gasteiger partial charge in [0.1, 0.15) is 6.61 Å². The molecule has 0 atom stereocenters. The molecular weight excluding hydrogens is 181 g/mol. The van der Waals surface area contributed by atoms with E-state index in [4.69, 9.17) is 15.0 Å². The lowest BCUT2D eigenvalue weighted by Crippen LogP contribution is -2.23. The molecule has 6 nitrogen and oxygen atoms in total. The molecular formula is C2H6NO5PS. The van der Waals surface area contributed by atoms with Gasteiger partial charge in [0.2, 0.25) is 0 Å². The predicted octanol–water partition coefficient (Wildman–Crippen LogP) is -1.28. The second-order valence-electron chi connectivity index (χ2n) is 1.30. The van der Waals surface area contributed by atoms with E-state index in [0.717, 1.165) is 0 Å². The minimum atomic E-state index is -3.77. The molecule has 0 aromatic heterocycles. The first-order valence-electron chi connectivity index (χ1n) is 2.09. The van der Waals surface area contributed by atoms with Crippen LogP contribution in [-0.2, 0) is 21.1 Å². The zero-order valence-corrected chi connectivity index (χ0v) is 6.43. The van der Waals surface area contributed by atoms with Crippen LogP contribution in [0.15, 0.2) is 0 Å². The van der Waals surface area contributed by atoms with E-state index in [1.807, 2.05) is 0 Å². The number of carbonyl (C=O) groups is 1. The van der Waals surface area contributed by atoms with E-state index in [9.17, 15) is 4.79 Å². The SMILES string of the molecule is O=C(COP(O)(O)=S)NO. The van der Waals surface area contributed by atoms with Crippen LogP contribution >= 0.6 is 6.72 Å². The van der Waals surface area contributed by atoms with Gasteiger partial charge in [-0.05, 0) is 11.8 Å². The molecule has 0 radical (unpaired) electrons. The first-order chi connectivity index (χ1) is 4.45. The summed E-state index contributed by atoms with van der Waals surface area (Å²) in [5.41, 5.74) is 1.22. The highest BCUT2D eigenvalue weighted by Gasteiger charge is 2.10. The summed E-state index contributed by atoms with van der Waals surface area (Å²) in [6, 6.07) is 0. The first kappa shape index (κ1) is 9.96. The lowest BCUT2D eigenvalue weighted by Gasteiger charge is -2.05. The normalized spacial score (nSPS) is 11.1. The fourth-order valence-corrected chi connectivity index (χ4v) is 0.619. The van der Waals surface area contributed by atoms with Gasteiger partial charge < -0.3 is 9.79 Å². The molecule has 0 spiro atoms. The molecule has 0 saturated heterocycles. The van der Waals surface area contributed by atoms with Crippen LogP contribution in [-0.4, -0.2) is 27.5 Å². The lowest BCUT2D eigenvalue weighted by atomic mass is 10.7. The van der Waals surface area contributed by atoms with E-state index in [-0.39, 0.29) is 0 Å². The number of hydroxylamine groups is 1. The third-order valence-corrected chi connectivity index (χ3v) is 1.27. The fraction of sp³-hybridized carbons (Fsp3) is 0.500. The quantitative estimate of drug-likeness (QED) is 0.249. The molecule has 8 heteroatoms. The summed E-state index contributed by atoms with van der Waals surface area (Å²) in [5, 5.41) is 7.87. The Bertz CT molecular complexity index is 165. The van der Waals surface area contributed by atoms with Gasteiger partial charge in [0.05, 0.1) is 0 Å². The number of hydrogen-bond donors (Lipinski definition) is 4. The molecule has 0 aliphatic heterocycles. The molecule has 0 aromatic rings. The summed E-state index contributed by atoms with van der Waals surface area (Å²) in [4.78, 5) is 26.8. The molecule has 0 unspecified atom stereocenters. The van der Waals surface area contributed by atoms with Crippen molar-refractivity contribution in [3.8, 4) is 0 Å². The highest BCUT2D eigenvalue weighted by Crippen LogP contribution is 2.35. The van der Waals surface area contributed by atoms with Crippen LogP contribution in [0.3, 0.4) is 0 Å². The summed E-state index contributed by atoms with van der Waals surface area (Å²) >= 11 is 3.99. The summed E-state index contributed by atoms with van der Waals surface area (Å²) in [6.45, 7) is -4.44. The van der Waals surface area contributed by atoms with Crippen molar-refractivity contribution >= 4 is 24.4 Å². The van der Waals surface area contributed by atoms with E-state index in [1.54, 1.807) is 0 Å². The Morgan fingerprint density at radius 3 is 2.50 bits per heavy atom. The second-order valence-corrected chi connectivity index (χ2v) is 3.97. The Morgan fingerprint density at radius 2 is 2.20 bits per heavy atom. The van der Waals surface area contributed by atoms with Crippen LogP contribution in [0, 0.1) is 0 Å². The molecule has 0 fully saturated rings. The number of carbonyl (C=O) groups excluding carboxylic acids is 1. The van der Waals surface area contributed by atoms with Crippen LogP contribution in [0.1, 0.15) is 0 Å². The average molecular weight is 187 g/mol. The van der Waals surface area contributed by atoms with Crippen molar-refractivity contribution in [2.24, 2.45) is 0 Å². The standard InChI is InChI=1S/C2H6NO5PS/c4-2(3-5)1-8-9(6,7)10/h5H,1H2,(H,3,4)(H2,6,7,10). The van der Waals surface area contributed by atoms with E-state index >= 15 is 0 Å². The Hall–Kier alpha value is -0.0400. The number of nitrogens with one attached hydrogen (secondary N) is 1. The maximum absolute atomic E-state index is 10.1. The topological polar surface area (TPSA) is 99.0 Å². The van der Waals surface area contributed by atoms with Gasteiger partial charge in [-0.2, -0.15) is 0 Å². The number of rotatable bonds is 3. The number of hydrogen-bond acceptors (Lipinski definition) is 4. The zero-order chi connectivity index (χ0) is 8.20. The molecule has 0 aliphatic carbocycles. The Labute approximate surface area is 61.6 Å². The molecule has 0 aliphatic rings. The van der Waals surface area contributed by atoms with E-state index in [0.29, 0.717) is 0 Å². The minimum absolute atomic E-state index is 0.666. The van der Waals surface area contributed by atoms with Crippen molar-refractivity contribution in [2.45, 2.75) is 0 Å². The largest absolute Gasteiger partial charge is 0.325 e. The third-order valence-electron chi connectivity index (χ3n) is 0.489. The van der Waals surface area contributed by atoms with Gasteiger partial charge in [0.25, 0.3) is 5.91 Å². The third kappa shape index (κ3) is 6.09. The molecule has 0 bridgehead atoms. The van der Waals surface area contributed by atoms with Crippen LogP contribution < -0.4 is 5.48 Å². The lowest BCUT2D eigenvalue weighted by molar-refractivity contribution is -0.131. The summed E-state index contributed by atoms with van der Waals surface area (Å²) in [5.74, 6) is -0.891. The first-order valence-corrected chi connectivity index (χ1v) is 4.71. The van der Waals surface area contributed by atoms with Gasteiger partial charge in [-0.1, -0.05) is 0 Å². The van der Waals surface area contributed by atoms with Gasteiger partial charge in [-0.15, -0.1) is 0 Å². The summed E-state index contributed by atoms with van der Waals surface area (Å²) < 4.78 is 4.05. The Kier molecular flexibility index (Phi) is 3.95. The molecule has 4 N–H and O–H groups in total. The number of amides is 1. The van der Waals surface area contributed by atoms with Gasteiger partial charge in [0, 0.05) is 0 Å². The van der Waals surface area contributed by atoms with Crippen LogP contribution in [0.25, 0.3) is 0 Å². The Morgan fingerprint density at radius 1 is 1.70 bits per heavy atom. The maximum Gasteiger partial charge on any atom is 0.322 e.